The van der Waals surface area contributed by atoms with Crippen LogP contribution in [0.3, 0.4) is 0 Å². The van der Waals surface area contributed by atoms with E-state index in [1.165, 1.54) is 22.0 Å². The van der Waals surface area contributed by atoms with Crippen LogP contribution in [-0.2, 0) is 16.1 Å². The molecule has 0 radical (unpaired) electrons. The van der Waals surface area contributed by atoms with E-state index in [1.807, 2.05) is 24.3 Å². The Bertz CT molecular complexity index is 931. The summed E-state index contributed by atoms with van der Waals surface area (Å²) in [6.45, 7) is 1.60. The molecular formula is C17H20N10O2. The van der Waals surface area contributed by atoms with Crippen molar-refractivity contribution in [3.8, 4) is 5.69 Å². The molecule has 150 valence electrons. The monoisotopic (exact) mass is 396 g/mol. The molecule has 12 nitrogen and oxygen atoms in total. The molecule has 3 heterocycles. The maximum Gasteiger partial charge on any atom is 0.227 e. The van der Waals surface area contributed by atoms with E-state index in [-0.39, 0.29) is 17.7 Å². The van der Waals surface area contributed by atoms with E-state index in [1.54, 1.807) is 4.90 Å². The van der Waals surface area contributed by atoms with Crippen LogP contribution in [0.4, 0.5) is 5.69 Å². The minimum atomic E-state index is -0.113. The molecule has 1 N–H and O–H groups in total. The van der Waals surface area contributed by atoms with Gasteiger partial charge in [0.05, 0.1) is 12.2 Å². The number of rotatable bonds is 6. The van der Waals surface area contributed by atoms with Gasteiger partial charge in [0, 0.05) is 31.1 Å². The molecule has 1 saturated heterocycles. The van der Waals surface area contributed by atoms with E-state index >= 15 is 0 Å². The fraction of sp³-hybridized carbons (Fsp3) is 0.412. The topological polar surface area (TPSA) is 137 Å². The number of piperidine rings is 1. The van der Waals surface area contributed by atoms with Crippen molar-refractivity contribution >= 4 is 17.5 Å². The molecule has 12 heteroatoms. The predicted octanol–water partition coefficient (Wildman–Crippen LogP) is -0.0838. The Morgan fingerprint density at radius 1 is 1.00 bits per heavy atom. The largest absolute Gasteiger partial charge is 0.343 e. The van der Waals surface area contributed by atoms with E-state index < -0.39 is 0 Å². The third-order valence-electron chi connectivity index (χ3n) is 4.91. The van der Waals surface area contributed by atoms with Crippen molar-refractivity contribution < 1.29 is 9.59 Å². The molecular weight excluding hydrogens is 376 g/mol. The van der Waals surface area contributed by atoms with E-state index in [2.05, 4.69) is 36.4 Å². The molecule has 1 aliphatic rings. The molecule has 0 bridgehead atoms. The van der Waals surface area contributed by atoms with Crippen molar-refractivity contribution in [2.75, 3.05) is 18.4 Å². The van der Waals surface area contributed by atoms with Crippen LogP contribution in [0.15, 0.2) is 36.9 Å². The maximum absolute atomic E-state index is 12.6. The second-order valence-corrected chi connectivity index (χ2v) is 6.77. The second kappa shape index (κ2) is 8.54. The van der Waals surface area contributed by atoms with Crippen LogP contribution in [0.25, 0.3) is 5.69 Å². The van der Waals surface area contributed by atoms with Crippen LogP contribution in [0, 0.1) is 5.92 Å². The van der Waals surface area contributed by atoms with Gasteiger partial charge in [-0.1, -0.05) is 0 Å². The number of nitrogens with one attached hydrogen (secondary N) is 1. The van der Waals surface area contributed by atoms with Crippen molar-refractivity contribution in [1.29, 1.82) is 0 Å². The molecule has 4 rings (SSSR count). The third-order valence-corrected chi connectivity index (χ3v) is 4.91. The molecule has 2 amide bonds. The van der Waals surface area contributed by atoms with Crippen LogP contribution in [0.5, 0.6) is 0 Å². The molecule has 0 unspecified atom stereocenters. The maximum atomic E-state index is 12.6. The lowest BCUT2D eigenvalue weighted by Gasteiger charge is -2.31. The Balaban J connectivity index is 1.24. The molecule has 0 saturated carbocycles. The number of hydrogen-bond acceptors (Lipinski definition) is 8. The zero-order chi connectivity index (χ0) is 20.1. The average molecular weight is 396 g/mol. The van der Waals surface area contributed by atoms with Gasteiger partial charge in [0.1, 0.15) is 12.7 Å². The number of carbonyl (C=O) groups excluding carboxylic acids is 2. The first kappa shape index (κ1) is 18.7. The number of nitrogens with zero attached hydrogens (tertiary/aromatic N) is 9. The number of hydrogen-bond donors (Lipinski definition) is 1. The van der Waals surface area contributed by atoms with Gasteiger partial charge in [-0.05, 0) is 58.0 Å². The second-order valence-electron chi connectivity index (χ2n) is 6.77. The van der Waals surface area contributed by atoms with E-state index in [9.17, 15) is 9.59 Å². The van der Waals surface area contributed by atoms with Gasteiger partial charge in [0.25, 0.3) is 0 Å². The number of aromatic nitrogens is 8. The molecule has 0 atom stereocenters. The fourth-order valence-electron chi connectivity index (χ4n) is 3.26. The van der Waals surface area contributed by atoms with E-state index in [0.29, 0.717) is 44.6 Å². The van der Waals surface area contributed by atoms with Crippen molar-refractivity contribution in [1.82, 2.24) is 45.3 Å². The lowest BCUT2D eigenvalue weighted by atomic mass is 9.95. The van der Waals surface area contributed by atoms with Crippen molar-refractivity contribution in [3.63, 3.8) is 0 Å². The summed E-state index contributed by atoms with van der Waals surface area (Å²) < 4.78 is 3.07. The first-order valence-electron chi connectivity index (χ1n) is 9.32. The average Bonchev–Trinajstić information content (AvgIpc) is 3.47. The van der Waals surface area contributed by atoms with Crippen molar-refractivity contribution in [3.05, 3.63) is 36.9 Å². The number of likely N-dealkylation sites (tertiary alicyclic amines) is 1. The summed E-state index contributed by atoms with van der Waals surface area (Å²) in [5, 5.41) is 24.8. The van der Waals surface area contributed by atoms with Gasteiger partial charge in [0.2, 0.25) is 11.8 Å². The summed E-state index contributed by atoms with van der Waals surface area (Å²) in [4.78, 5) is 26.7. The van der Waals surface area contributed by atoms with Crippen LogP contribution < -0.4 is 5.32 Å². The first-order valence-corrected chi connectivity index (χ1v) is 9.32. The molecule has 29 heavy (non-hydrogen) atoms. The lowest BCUT2D eigenvalue weighted by Crippen LogP contribution is -2.41. The Labute approximate surface area is 165 Å². The van der Waals surface area contributed by atoms with Gasteiger partial charge in [-0.25, -0.2) is 9.36 Å². The molecule has 0 spiro atoms. The van der Waals surface area contributed by atoms with E-state index in [4.69, 9.17) is 0 Å². The number of carbonyl (C=O) groups is 2. The molecule has 2 aromatic heterocycles. The third kappa shape index (κ3) is 4.59. The van der Waals surface area contributed by atoms with Gasteiger partial charge in [-0.2, -0.15) is 0 Å². The number of amides is 2. The fourth-order valence-corrected chi connectivity index (χ4v) is 3.26. The molecule has 1 aliphatic heterocycles. The van der Waals surface area contributed by atoms with Gasteiger partial charge in [-0.15, -0.1) is 10.2 Å². The van der Waals surface area contributed by atoms with Crippen LogP contribution in [0.2, 0.25) is 0 Å². The van der Waals surface area contributed by atoms with Gasteiger partial charge in [-0.3, -0.25) is 9.59 Å². The van der Waals surface area contributed by atoms with Crippen molar-refractivity contribution in [2.24, 2.45) is 5.92 Å². The number of anilines is 1. The lowest BCUT2D eigenvalue weighted by molar-refractivity contribution is -0.134. The Morgan fingerprint density at radius 2 is 1.72 bits per heavy atom. The molecule has 0 aliphatic carbocycles. The normalized spacial score (nSPS) is 14.7. The first-order chi connectivity index (χ1) is 14.2. The number of tetrazole rings is 2. The van der Waals surface area contributed by atoms with Gasteiger partial charge >= 0.3 is 0 Å². The summed E-state index contributed by atoms with van der Waals surface area (Å²) in [5.41, 5.74) is 1.52. The smallest absolute Gasteiger partial charge is 0.227 e. The highest BCUT2D eigenvalue weighted by Gasteiger charge is 2.27. The van der Waals surface area contributed by atoms with Gasteiger partial charge < -0.3 is 10.2 Å². The highest BCUT2D eigenvalue weighted by molar-refractivity contribution is 5.92. The summed E-state index contributed by atoms with van der Waals surface area (Å²) in [5.74, 6) is -0.0868. The van der Waals surface area contributed by atoms with Crippen LogP contribution in [0.1, 0.15) is 19.3 Å². The standard InChI is InChI=1S/C17H20N10O2/c28-16(7-10-26-11-18-21-23-26)25-8-5-13(6-9-25)17(29)20-14-1-3-15(4-2-14)27-12-19-22-24-27/h1-4,11-13H,5-10H2,(H,20,29). The number of aryl methyl sites for hydroxylation is 1. The highest BCUT2D eigenvalue weighted by Crippen LogP contribution is 2.21. The van der Waals surface area contributed by atoms with Crippen LogP contribution >= 0.6 is 0 Å². The Morgan fingerprint density at radius 3 is 2.38 bits per heavy atom. The minimum absolute atomic E-state index is 0.0269. The Hall–Kier alpha value is -3.70. The summed E-state index contributed by atoms with van der Waals surface area (Å²) in [7, 11) is 0. The zero-order valence-corrected chi connectivity index (χ0v) is 15.6. The highest BCUT2D eigenvalue weighted by atomic mass is 16.2. The predicted molar refractivity (Wildman–Crippen MR) is 99.5 cm³/mol. The Kier molecular flexibility index (Phi) is 5.49. The molecule has 1 fully saturated rings. The van der Waals surface area contributed by atoms with Crippen LogP contribution in [-0.4, -0.2) is 70.2 Å². The SMILES string of the molecule is O=C(Nc1ccc(-n2cnnn2)cc1)C1CCN(C(=O)CCn2cnnn2)CC1. The minimum Gasteiger partial charge on any atom is -0.343 e. The summed E-state index contributed by atoms with van der Waals surface area (Å²) in [6.07, 6.45) is 4.62. The molecule has 3 aromatic rings. The summed E-state index contributed by atoms with van der Waals surface area (Å²) >= 11 is 0. The number of benzene rings is 1. The van der Waals surface area contributed by atoms with E-state index in [0.717, 1.165) is 5.69 Å². The summed E-state index contributed by atoms with van der Waals surface area (Å²) in [6, 6.07) is 7.29. The molecule has 1 aromatic carbocycles. The van der Waals surface area contributed by atoms with Gasteiger partial charge in [0.15, 0.2) is 0 Å². The quantitative estimate of drug-likeness (QED) is 0.611. The van der Waals surface area contributed by atoms with Crippen molar-refractivity contribution in [2.45, 2.75) is 25.8 Å². The zero-order valence-electron chi connectivity index (χ0n) is 15.6.